The van der Waals surface area contributed by atoms with Gasteiger partial charge in [-0.05, 0) is 36.8 Å². The van der Waals surface area contributed by atoms with Crippen molar-refractivity contribution in [3.63, 3.8) is 0 Å². The number of urea groups is 1. The number of nitrogens with zero attached hydrogens (tertiary/aromatic N) is 1. The van der Waals surface area contributed by atoms with E-state index in [0.717, 1.165) is 11.3 Å². The highest BCUT2D eigenvalue weighted by Crippen LogP contribution is 2.25. The fourth-order valence-corrected chi connectivity index (χ4v) is 3.36. The average molecular weight is 397 g/mol. The first-order valence-corrected chi connectivity index (χ1v) is 9.72. The molecule has 0 spiro atoms. The fraction of sp³-hybridized carbons (Fsp3) is 0.364. The van der Waals surface area contributed by atoms with Crippen molar-refractivity contribution in [1.82, 2.24) is 15.5 Å². The van der Waals surface area contributed by atoms with E-state index in [0.29, 0.717) is 31.9 Å². The molecule has 7 heteroatoms. The normalized spacial score (nSPS) is 17.0. The minimum Gasteiger partial charge on any atom is -0.497 e. The number of ether oxygens (including phenoxy) is 2. The summed E-state index contributed by atoms with van der Waals surface area (Å²) in [5, 5.41) is 5.64. The number of methoxy groups -OCH3 is 1. The van der Waals surface area contributed by atoms with Gasteiger partial charge in [-0.3, -0.25) is 4.79 Å². The molecule has 1 heterocycles. The quantitative estimate of drug-likeness (QED) is 0.672. The van der Waals surface area contributed by atoms with Gasteiger partial charge in [0.05, 0.1) is 25.7 Å². The summed E-state index contributed by atoms with van der Waals surface area (Å²) in [6, 6.07) is 16.6. The molecule has 3 amide bonds. The van der Waals surface area contributed by atoms with E-state index < -0.39 is 0 Å². The Labute approximate surface area is 171 Å². The summed E-state index contributed by atoms with van der Waals surface area (Å²) in [4.78, 5) is 26.3. The molecule has 2 N–H and O–H groups in total. The number of rotatable bonds is 8. The first-order valence-electron chi connectivity index (χ1n) is 9.72. The van der Waals surface area contributed by atoms with E-state index in [9.17, 15) is 9.59 Å². The van der Waals surface area contributed by atoms with Gasteiger partial charge in [0.15, 0.2) is 0 Å². The van der Waals surface area contributed by atoms with Crippen molar-refractivity contribution in [2.24, 2.45) is 0 Å². The number of benzene rings is 2. The van der Waals surface area contributed by atoms with Gasteiger partial charge in [0, 0.05) is 13.0 Å². The van der Waals surface area contributed by atoms with Crippen molar-refractivity contribution in [2.45, 2.75) is 25.4 Å². The van der Waals surface area contributed by atoms with Crippen LogP contribution in [-0.4, -0.2) is 49.7 Å². The van der Waals surface area contributed by atoms with Crippen LogP contribution in [0.3, 0.4) is 0 Å². The second-order valence-corrected chi connectivity index (χ2v) is 6.96. The minimum absolute atomic E-state index is 0.0172. The number of carbonyl (C=O) groups excluding carboxylic acids is 2. The van der Waals surface area contributed by atoms with Gasteiger partial charge >= 0.3 is 6.03 Å². The molecule has 3 rings (SSSR count). The predicted octanol–water partition coefficient (Wildman–Crippen LogP) is 2.74. The van der Waals surface area contributed by atoms with Gasteiger partial charge < -0.3 is 25.0 Å². The Morgan fingerprint density at radius 1 is 1.14 bits per heavy atom. The number of nitrogens with one attached hydrogen (secondary N) is 2. The summed E-state index contributed by atoms with van der Waals surface area (Å²) >= 11 is 0. The van der Waals surface area contributed by atoms with Crippen molar-refractivity contribution >= 4 is 11.9 Å². The minimum atomic E-state index is -0.296. The van der Waals surface area contributed by atoms with Crippen LogP contribution in [0.5, 0.6) is 11.5 Å². The van der Waals surface area contributed by atoms with E-state index in [2.05, 4.69) is 10.6 Å². The van der Waals surface area contributed by atoms with E-state index in [4.69, 9.17) is 9.47 Å². The van der Waals surface area contributed by atoms with Crippen LogP contribution < -0.4 is 20.1 Å². The first kappa shape index (κ1) is 20.5. The molecule has 0 saturated carbocycles. The summed E-state index contributed by atoms with van der Waals surface area (Å²) in [6.07, 6.45) is 0.312. The molecular weight excluding hydrogens is 370 g/mol. The third kappa shape index (κ3) is 5.63. The Kier molecular flexibility index (Phi) is 6.94. The maximum atomic E-state index is 12.4. The molecular formula is C22H27N3O4. The molecule has 1 aliphatic heterocycles. The number of carbonyl (C=O) groups is 2. The number of hydrogen-bond donors (Lipinski definition) is 2. The molecule has 2 unspecified atom stereocenters. The highest BCUT2D eigenvalue weighted by atomic mass is 16.5. The lowest BCUT2D eigenvalue weighted by Crippen LogP contribution is -2.44. The zero-order valence-corrected chi connectivity index (χ0v) is 16.8. The monoisotopic (exact) mass is 397 g/mol. The van der Waals surface area contributed by atoms with Crippen molar-refractivity contribution < 1.29 is 19.1 Å². The molecule has 29 heavy (non-hydrogen) atoms. The molecule has 0 aromatic heterocycles. The summed E-state index contributed by atoms with van der Waals surface area (Å²) in [6.45, 7) is 3.22. The van der Waals surface area contributed by atoms with Gasteiger partial charge in [0.1, 0.15) is 18.1 Å². The van der Waals surface area contributed by atoms with Crippen LogP contribution in [0.2, 0.25) is 0 Å². The molecule has 2 atom stereocenters. The smallest absolute Gasteiger partial charge is 0.315 e. The van der Waals surface area contributed by atoms with Crippen molar-refractivity contribution in [1.29, 1.82) is 0 Å². The molecule has 7 nitrogen and oxygen atoms in total. The zero-order chi connectivity index (χ0) is 20.6. The molecule has 0 radical (unpaired) electrons. The highest BCUT2D eigenvalue weighted by Gasteiger charge is 2.33. The van der Waals surface area contributed by atoms with Crippen LogP contribution in [-0.2, 0) is 4.79 Å². The zero-order valence-electron chi connectivity index (χ0n) is 16.8. The molecule has 0 bridgehead atoms. The largest absolute Gasteiger partial charge is 0.497 e. The van der Waals surface area contributed by atoms with E-state index in [1.54, 1.807) is 7.11 Å². The van der Waals surface area contributed by atoms with Gasteiger partial charge in [-0.25, -0.2) is 4.79 Å². The molecule has 1 fully saturated rings. The van der Waals surface area contributed by atoms with Crippen molar-refractivity contribution in [2.75, 3.05) is 26.8 Å². The van der Waals surface area contributed by atoms with Crippen LogP contribution in [0.4, 0.5) is 4.79 Å². The molecule has 1 aliphatic rings. The summed E-state index contributed by atoms with van der Waals surface area (Å²) in [5.74, 6) is 1.52. The SMILES string of the molecule is COc1ccc(OCCNC(=O)NC2CC(=O)N(C(C)c3ccccc3)C2)cc1. The van der Waals surface area contributed by atoms with E-state index in [1.807, 2.05) is 66.4 Å². The fourth-order valence-electron chi connectivity index (χ4n) is 3.36. The Hall–Kier alpha value is -3.22. The molecule has 0 aliphatic carbocycles. The van der Waals surface area contributed by atoms with Crippen LogP contribution in [0.25, 0.3) is 0 Å². The molecule has 2 aromatic carbocycles. The third-order valence-electron chi connectivity index (χ3n) is 4.96. The van der Waals surface area contributed by atoms with Gasteiger partial charge in [-0.2, -0.15) is 0 Å². The Morgan fingerprint density at radius 2 is 1.83 bits per heavy atom. The number of likely N-dealkylation sites (tertiary alicyclic amines) is 1. The first-order chi connectivity index (χ1) is 14.1. The van der Waals surface area contributed by atoms with Crippen LogP contribution in [0.1, 0.15) is 24.9 Å². The van der Waals surface area contributed by atoms with Gasteiger partial charge in [-0.15, -0.1) is 0 Å². The van der Waals surface area contributed by atoms with Crippen LogP contribution in [0.15, 0.2) is 54.6 Å². The van der Waals surface area contributed by atoms with Gasteiger partial charge in [-0.1, -0.05) is 30.3 Å². The Bertz CT molecular complexity index is 811. The molecule has 2 aromatic rings. The Balaban J connectivity index is 1.38. The second kappa shape index (κ2) is 9.82. The summed E-state index contributed by atoms with van der Waals surface area (Å²) in [7, 11) is 1.61. The van der Waals surface area contributed by atoms with Crippen molar-refractivity contribution in [3.05, 3.63) is 60.2 Å². The predicted molar refractivity (Wildman–Crippen MR) is 110 cm³/mol. The van der Waals surface area contributed by atoms with Crippen LogP contribution >= 0.6 is 0 Å². The maximum Gasteiger partial charge on any atom is 0.315 e. The number of amides is 3. The summed E-state index contributed by atoms with van der Waals surface area (Å²) in [5.41, 5.74) is 1.08. The third-order valence-corrected chi connectivity index (χ3v) is 4.96. The Morgan fingerprint density at radius 3 is 2.52 bits per heavy atom. The molecule has 154 valence electrons. The average Bonchev–Trinajstić information content (AvgIpc) is 3.11. The second-order valence-electron chi connectivity index (χ2n) is 6.96. The van der Waals surface area contributed by atoms with E-state index >= 15 is 0 Å². The topological polar surface area (TPSA) is 79.9 Å². The van der Waals surface area contributed by atoms with E-state index in [1.165, 1.54) is 0 Å². The lowest BCUT2D eigenvalue weighted by Gasteiger charge is -2.25. The maximum absolute atomic E-state index is 12.4. The lowest BCUT2D eigenvalue weighted by atomic mass is 10.1. The van der Waals surface area contributed by atoms with Crippen molar-refractivity contribution in [3.8, 4) is 11.5 Å². The number of hydrogen-bond acceptors (Lipinski definition) is 4. The highest BCUT2D eigenvalue weighted by molar-refractivity contribution is 5.82. The van der Waals surface area contributed by atoms with Gasteiger partial charge in [0.25, 0.3) is 0 Å². The summed E-state index contributed by atoms with van der Waals surface area (Å²) < 4.78 is 10.7. The van der Waals surface area contributed by atoms with Gasteiger partial charge in [0.2, 0.25) is 5.91 Å². The van der Waals surface area contributed by atoms with E-state index in [-0.39, 0.29) is 24.0 Å². The molecule has 1 saturated heterocycles. The standard InChI is InChI=1S/C22H27N3O4/c1-16(17-6-4-3-5-7-17)25-15-18(14-21(25)26)24-22(27)23-12-13-29-20-10-8-19(28-2)9-11-20/h3-11,16,18H,12-15H2,1-2H3,(H2,23,24,27). The lowest BCUT2D eigenvalue weighted by molar-refractivity contribution is -0.129. The van der Waals surface area contributed by atoms with Crippen LogP contribution in [0, 0.1) is 0 Å².